The number of nitrogens with one attached hydrogen (secondary N) is 1. The molecule has 2 atom stereocenters. The van der Waals surface area contributed by atoms with Crippen LogP contribution in [-0.4, -0.2) is 86.8 Å². The molecule has 2 fully saturated rings. The molecule has 8 heteroatoms. The van der Waals surface area contributed by atoms with Crippen LogP contribution in [0.3, 0.4) is 0 Å². The SMILES string of the molecule is CCCN(CC1CC1)C(=O)CC1CCC(N(C(=O)c2ccc(OC)c(OCCCOC)c2)C(C)C)CN1. The minimum atomic E-state index is -0.0146. The summed E-state index contributed by atoms with van der Waals surface area (Å²) in [5, 5.41) is 3.58. The van der Waals surface area contributed by atoms with Crippen LogP contribution in [0.25, 0.3) is 0 Å². The van der Waals surface area contributed by atoms with Crippen molar-refractivity contribution in [2.24, 2.45) is 5.92 Å². The van der Waals surface area contributed by atoms with Crippen molar-refractivity contribution in [3.63, 3.8) is 0 Å². The van der Waals surface area contributed by atoms with Crippen LogP contribution < -0.4 is 14.8 Å². The van der Waals surface area contributed by atoms with Gasteiger partial charge in [0.25, 0.3) is 5.91 Å². The highest BCUT2D eigenvalue weighted by atomic mass is 16.5. The molecule has 1 aromatic carbocycles. The van der Waals surface area contributed by atoms with Gasteiger partial charge in [0.05, 0.1) is 13.7 Å². The van der Waals surface area contributed by atoms with E-state index in [1.54, 1.807) is 32.4 Å². The standard InChI is InChI=1S/C29H47N3O5/c1-6-14-31(20-22-8-9-22)28(33)18-24-11-12-25(19-30-24)32(21(2)3)29(34)23-10-13-26(36-5)27(17-23)37-16-7-15-35-4/h10,13,17,21-22,24-25,30H,6-9,11-12,14-16,18-20H2,1-5H3. The van der Waals surface area contributed by atoms with Gasteiger partial charge in [-0.25, -0.2) is 0 Å². The van der Waals surface area contributed by atoms with Crippen molar-refractivity contribution in [2.45, 2.75) is 83.8 Å². The van der Waals surface area contributed by atoms with E-state index >= 15 is 0 Å². The van der Waals surface area contributed by atoms with Crippen LogP contribution >= 0.6 is 0 Å². The van der Waals surface area contributed by atoms with Crippen molar-refractivity contribution in [1.82, 2.24) is 15.1 Å². The summed E-state index contributed by atoms with van der Waals surface area (Å²) in [6.07, 6.45) is 6.56. The number of hydrogen-bond donors (Lipinski definition) is 1. The van der Waals surface area contributed by atoms with E-state index in [4.69, 9.17) is 14.2 Å². The molecular weight excluding hydrogens is 470 g/mol. The summed E-state index contributed by atoms with van der Waals surface area (Å²) in [4.78, 5) is 30.7. The second kappa shape index (κ2) is 14.6. The van der Waals surface area contributed by atoms with Crippen LogP contribution in [0.15, 0.2) is 18.2 Å². The first-order valence-electron chi connectivity index (χ1n) is 14.0. The van der Waals surface area contributed by atoms with E-state index in [1.165, 1.54) is 12.8 Å². The minimum absolute atomic E-state index is 0.0146. The van der Waals surface area contributed by atoms with Crippen molar-refractivity contribution in [3.05, 3.63) is 23.8 Å². The fourth-order valence-electron chi connectivity index (χ4n) is 5.13. The molecule has 3 rings (SSSR count). The molecule has 1 heterocycles. The molecule has 2 unspecified atom stereocenters. The van der Waals surface area contributed by atoms with E-state index in [9.17, 15) is 9.59 Å². The summed E-state index contributed by atoms with van der Waals surface area (Å²) in [6, 6.07) is 5.66. The molecule has 1 aromatic rings. The van der Waals surface area contributed by atoms with Gasteiger partial charge in [-0.1, -0.05) is 6.92 Å². The van der Waals surface area contributed by atoms with Gasteiger partial charge in [0.15, 0.2) is 11.5 Å². The Bertz CT molecular complexity index is 865. The summed E-state index contributed by atoms with van der Waals surface area (Å²) in [7, 11) is 3.26. The Kier molecular flexibility index (Phi) is 11.5. The highest BCUT2D eigenvalue weighted by Gasteiger charge is 2.33. The number of carbonyl (C=O) groups is 2. The monoisotopic (exact) mass is 517 g/mol. The fourth-order valence-corrected chi connectivity index (χ4v) is 5.13. The smallest absolute Gasteiger partial charge is 0.254 e. The normalized spacial score (nSPS) is 19.5. The minimum Gasteiger partial charge on any atom is -0.493 e. The van der Waals surface area contributed by atoms with Crippen LogP contribution in [0.2, 0.25) is 0 Å². The maximum absolute atomic E-state index is 13.7. The van der Waals surface area contributed by atoms with Gasteiger partial charge >= 0.3 is 0 Å². The van der Waals surface area contributed by atoms with Gasteiger partial charge in [0.2, 0.25) is 5.91 Å². The molecule has 1 saturated carbocycles. The number of ether oxygens (including phenoxy) is 3. The number of benzene rings is 1. The second-order valence-corrected chi connectivity index (χ2v) is 10.7. The zero-order chi connectivity index (χ0) is 26.8. The van der Waals surface area contributed by atoms with Crippen LogP contribution in [0.5, 0.6) is 11.5 Å². The van der Waals surface area contributed by atoms with Gasteiger partial charge in [-0.3, -0.25) is 9.59 Å². The molecule has 2 aliphatic rings. The Balaban J connectivity index is 1.60. The van der Waals surface area contributed by atoms with E-state index in [0.717, 1.165) is 38.8 Å². The molecule has 1 saturated heterocycles. The maximum atomic E-state index is 13.7. The van der Waals surface area contributed by atoms with Crippen LogP contribution in [0, 0.1) is 5.92 Å². The van der Waals surface area contributed by atoms with Crippen LogP contribution in [0.4, 0.5) is 0 Å². The number of carbonyl (C=O) groups excluding carboxylic acids is 2. The van der Waals surface area contributed by atoms with Gasteiger partial charge in [0.1, 0.15) is 0 Å². The van der Waals surface area contributed by atoms with Gasteiger partial charge < -0.3 is 29.3 Å². The Morgan fingerprint density at radius 2 is 1.86 bits per heavy atom. The number of nitrogens with zero attached hydrogens (tertiary/aromatic N) is 2. The lowest BCUT2D eigenvalue weighted by Gasteiger charge is -2.40. The number of rotatable bonds is 15. The Morgan fingerprint density at radius 3 is 2.46 bits per heavy atom. The van der Waals surface area contributed by atoms with Crippen molar-refractivity contribution in [3.8, 4) is 11.5 Å². The van der Waals surface area contributed by atoms with Crippen LogP contribution in [0.1, 0.15) is 76.1 Å². The van der Waals surface area contributed by atoms with Gasteiger partial charge in [-0.15, -0.1) is 0 Å². The summed E-state index contributed by atoms with van der Waals surface area (Å²) >= 11 is 0. The average Bonchev–Trinajstić information content (AvgIpc) is 3.71. The van der Waals surface area contributed by atoms with Gasteiger partial charge in [-0.05, 0) is 70.1 Å². The molecule has 0 radical (unpaired) electrons. The molecule has 208 valence electrons. The summed E-state index contributed by atoms with van der Waals surface area (Å²) in [5.74, 6) is 2.13. The fraction of sp³-hybridized carbons (Fsp3) is 0.724. The molecule has 37 heavy (non-hydrogen) atoms. The Labute approximate surface area is 223 Å². The average molecular weight is 518 g/mol. The number of amides is 2. The first kappa shape index (κ1) is 29.2. The highest BCUT2D eigenvalue weighted by molar-refractivity contribution is 5.95. The predicted octanol–water partition coefficient (Wildman–Crippen LogP) is 4.12. The molecule has 1 aliphatic heterocycles. The zero-order valence-electron chi connectivity index (χ0n) is 23.5. The third-order valence-corrected chi connectivity index (χ3v) is 7.28. The van der Waals surface area contributed by atoms with E-state index in [2.05, 4.69) is 31.0 Å². The lowest BCUT2D eigenvalue weighted by Crippen LogP contribution is -2.54. The Morgan fingerprint density at radius 1 is 1.08 bits per heavy atom. The molecule has 0 spiro atoms. The highest BCUT2D eigenvalue weighted by Crippen LogP contribution is 2.31. The van der Waals surface area contributed by atoms with Gasteiger partial charge in [-0.2, -0.15) is 0 Å². The van der Waals surface area contributed by atoms with E-state index in [-0.39, 0.29) is 29.9 Å². The van der Waals surface area contributed by atoms with E-state index in [0.29, 0.717) is 49.2 Å². The predicted molar refractivity (Wildman–Crippen MR) is 145 cm³/mol. The molecule has 2 amide bonds. The first-order valence-corrected chi connectivity index (χ1v) is 14.0. The Hall–Kier alpha value is -2.32. The summed E-state index contributed by atoms with van der Waals surface area (Å²) in [5.41, 5.74) is 0.587. The molecule has 1 N–H and O–H groups in total. The molecule has 0 aromatic heterocycles. The van der Waals surface area contributed by atoms with E-state index in [1.807, 2.05) is 4.90 Å². The second-order valence-electron chi connectivity index (χ2n) is 10.7. The molecule has 8 nitrogen and oxygen atoms in total. The maximum Gasteiger partial charge on any atom is 0.254 e. The van der Waals surface area contributed by atoms with Crippen molar-refractivity contribution in [2.75, 3.05) is 47.1 Å². The third-order valence-electron chi connectivity index (χ3n) is 7.28. The van der Waals surface area contributed by atoms with Gasteiger partial charge in [0, 0.05) is 69.9 Å². The molecular formula is C29H47N3O5. The van der Waals surface area contributed by atoms with Crippen molar-refractivity contribution < 1.29 is 23.8 Å². The summed E-state index contributed by atoms with van der Waals surface area (Å²) < 4.78 is 16.4. The van der Waals surface area contributed by atoms with Crippen LogP contribution in [-0.2, 0) is 9.53 Å². The topological polar surface area (TPSA) is 80.3 Å². The van der Waals surface area contributed by atoms with E-state index < -0.39 is 0 Å². The zero-order valence-corrected chi connectivity index (χ0v) is 23.5. The van der Waals surface area contributed by atoms with Crippen molar-refractivity contribution in [1.29, 1.82) is 0 Å². The first-order chi connectivity index (χ1) is 17.9. The lowest BCUT2D eigenvalue weighted by atomic mass is 9.95. The molecule has 0 bridgehead atoms. The largest absolute Gasteiger partial charge is 0.493 e. The number of piperidine rings is 1. The number of hydrogen-bond acceptors (Lipinski definition) is 6. The number of methoxy groups -OCH3 is 2. The molecule has 1 aliphatic carbocycles. The third kappa shape index (κ3) is 8.60. The lowest BCUT2D eigenvalue weighted by molar-refractivity contribution is -0.132. The van der Waals surface area contributed by atoms with Crippen molar-refractivity contribution >= 4 is 11.8 Å². The quantitative estimate of drug-likeness (QED) is 0.353. The summed E-state index contributed by atoms with van der Waals surface area (Å²) in [6.45, 7) is 9.79.